The molecule has 2 aromatic heterocycles. The summed E-state index contributed by atoms with van der Waals surface area (Å²) in [6, 6.07) is 9.38. The van der Waals surface area contributed by atoms with Gasteiger partial charge in [-0.25, -0.2) is 31.5 Å². The molecule has 0 spiro atoms. The minimum absolute atomic E-state index is 0.0339. The molecule has 12 heteroatoms. The van der Waals surface area contributed by atoms with Gasteiger partial charge in [-0.1, -0.05) is 36.9 Å². The lowest BCUT2D eigenvalue weighted by Gasteiger charge is -2.31. The molecule has 5 rings (SSSR count). The Bertz CT molecular complexity index is 1470. The predicted octanol–water partition coefficient (Wildman–Crippen LogP) is 4.29. The molecule has 4 heterocycles. The van der Waals surface area contributed by atoms with Crippen LogP contribution in [0.2, 0.25) is 0 Å². The first-order chi connectivity index (χ1) is 18.6. The number of thioether (sulfide) groups is 1. The zero-order valence-corrected chi connectivity index (χ0v) is 23.7. The van der Waals surface area contributed by atoms with Gasteiger partial charge in [0, 0.05) is 38.5 Å². The van der Waals surface area contributed by atoms with Crippen LogP contribution in [0.3, 0.4) is 0 Å². The van der Waals surface area contributed by atoms with Crippen LogP contribution < -0.4 is 4.90 Å². The number of aliphatic hydroxyl groups excluding tert-OH is 1. The first kappa shape index (κ1) is 28.0. The Morgan fingerprint density at radius 2 is 1.90 bits per heavy atom. The van der Waals surface area contributed by atoms with E-state index in [9.17, 15) is 12.8 Å². The first-order valence-electron chi connectivity index (χ1n) is 13.2. The Kier molecular flexibility index (Phi) is 8.01. The number of hydrogen-bond donors (Lipinski definition) is 1. The number of piperidine rings is 1. The summed E-state index contributed by atoms with van der Waals surface area (Å²) < 4.78 is 57.8. The number of sulfonamides is 1. The summed E-state index contributed by atoms with van der Waals surface area (Å²) >= 11 is 1.31. The van der Waals surface area contributed by atoms with Crippen LogP contribution in [0.5, 0.6) is 0 Å². The van der Waals surface area contributed by atoms with E-state index in [1.807, 2.05) is 29.3 Å². The van der Waals surface area contributed by atoms with E-state index in [4.69, 9.17) is 10.1 Å². The van der Waals surface area contributed by atoms with Crippen molar-refractivity contribution < 1.29 is 22.3 Å². The molecular formula is C27H33F2N5O3S2. The minimum Gasteiger partial charge on any atom is -0.396 e. The first-order valence-corrected chi connectivity index (χ1v) is 15.8. The van der Waals surface area contributed by atoms with Crippen molar-refractivity contribution in [2.24, 2.45) is 4.99 Å². The summed E-state index contributed by atoms with van der Waals surface area (Å²) in [5, 5.41) is 9.53. The van der Waals surface area contributed by atoms with Gasteiger partial charge in [0.15, 0.2) is 5.17 Å². The number of aliphatic imine (C=N–C) groups is 1. The molecular weight excluding hydrogens is 544 g/mol. The van der Waals surface area contributed by atoms with Crippen LogP contribution in [0, 0.1) is 5.82 Å². The third-order valence-corrected chi connectivity index (χ3v) is 10.6. The van der Waals surface area contributed by atoms with Gasteiger partial charge < -0.3 is 10.0 Å². The van der Waals surface area contributed by atoms with Crippen molar-refractivity contribution in [1.82, 2.24) is 13.7 Å². The summed E-state index contributed by atoms with van der Waals surface area (Å²) in [6.07, 6.45) is 4.38. The van der Waals surface area contributed by atoms with Crippen molar-refractivity contribution in [2.75, 3.05) is 43.1 Å². The van der Waals surface area contributed by atoms with E-state index >= 15 is 4.39 Å². The number of aromatic nitrogens is 2. The maximum Gasteiger partial charge on any atom is 0.237 e. The molecule has 1 unspecified atom stereocenters. The van der Waals surface area contributed by atoms with Crippen LogP contribution in [0.15, 0.2) is 47.6 Å². The molecule has 0 amide bonds. The molecule has 1 atom stereocenters. The number of hydrogen-bond acceptors (Lipinski definition) is 7. The number of alkyl halides is 1. The summed E-state index contributed by atoms with van der Waals surface area (Å²) in [5.74, 6) is -1.29. The molecule has 0 saturated carbocycles. The second-order valence-corrected chi connectivity index (χ2v) is 13.0. The van der Waals surface area contributed by atoms with Gasteiger partial charge in [0.1, 0.15) is 17.3 Å². The van der Waals surface area contributed by atoms with E-state index in [1.54, 1.807) is 0 Å². The lowest BCUT2D eigenvalue weighted by atomic mass is 9.91. The lowest BCUT2D eigenvalue weighted by molar-refractivity contribution is 0.217. The third-order valence-electron chi connectivity index (χ3n) is 7.46. The minimum atomic E-state index is -3.36. The number of halogens is 2. The van der Waals surface area contributed by atoms with Crippen molar-refractivity contribution in [1.29, 1.82) is 0 Å². The van der Waals surface area contributed by atoms with Crippen LogP contribution in [0.25, 0.3) is 5.65 Å². The number of aryl methyl sites for hydroxylation is 1. The van der Waals surface area contributed by atoms with E-state index in [0.29, 0.717) is 43.1 Å². The Hall–Kier alpha value is -2.54. The quantitative estimate of drug-likeness (QED) is 0.402. The number of nitrogens with zero attached hydrogens (tertiary/aromatic N) is 5. The van der Waals surface area contributed by atoms with Crippen LogP contribution >= 0.6 is 11.8 Å². The molecule has 0 bridgehead atoms. The molecule has 1 saturated heterocycles. The van der Waals surface area contributed by atoms with Gasteiger partial charge >= 0.3 is 0 Å². The fourth-order valence-electron chi connectivity index (χ4n) is 5.27. The number of benzene rings is 1. The lowest BCUT2D eigenvalue weighted by Crippen LogP contribution is -2.39. The van der Waals surface area contributed by atoms with Crippen molar-refractivity contribution in [3.05, 3.63) is 65.2 Å². The zero-order valence-electron chi connectivity index (χ0n) is 22.1. The molecule has 3 aromatic rings. The summed E-state index contributed by atoms with van der Waals surface area (Å²) in [7, 11) is -1.50. The largest absolute Gasteiger partial charge is 0.396 e. The summed E-state index contributed by atoms with van der Waals surface area (Å²) in [5.41, 5.74) is 3.05. The molecule has 0 aliphatic carbocycles. The highest BCUT2D eigenvalue weighted by Crippen LogP contribution is 2.40. The van der Waals surface area contributed by atoms with E-state index in [0.717, 1.165) is 22.7 Å². The van der Waals surface area contributed by atoms with Gasteiger partial charge in [-0.05, 0) is 55.4 Å². The fraction of sp³-hybridized carbons (Fsp3) is 0.481. The van der Waals surface area contributed by atoms with Crippen LogP contribution in [0.1, 0.15) is 48.9 Å². The smallest absolute Gasteiger partial charge is 0.237 e. The maximum atomic E-state index is 15.8. The Labute approximate surface area is 231 Å². The Balaban J connectivity index is 1.40. The molecule has 39 heavy (non-hydrogen) atoms. The van der Waals surface area contributed by atoms with Crippen LogP contribution in [-0.4, -0.2) is 70.6 Å². The average Bonchev–Trinajstić information content (AvgIpc) is 3.53. The topological polar surface area (TPSA) is 90.5 Å². The molecule has 0 radical (unpaired) electrons. The Morgan fingerprint density at radius 3 is 2.56 bits per heavy atom. The highest BCUT2D eigenvalue weighted by molar-refractivity contribution is 8.14. The summed E-state index contributed by atoms with van der Waals surface area (Å²) in [4.78, 5) is 11.1. The van der Waals surface area contributed by atoms with Crippen LogP contribution in [-0.2, 0) is 22.2 Å². The normalized spacial score (nSPS) is 21.0. The van der Waals surface area contributed by atoms with Crippen molar-refractivity contribution in [2.45, 2.75) is 44.3 Å². The SMILES string of the molecule is CCc1nc2ccc(C3CCN(S(=O)(=O)CCCO)CC3)cn2c1N(C)C1=NC(F)(c2ccc(F)cc2)CS1. The second-order valence-electron chi connectivity index (χ2n) is 10.0. The second kappa shape index (κ2) is 11.1. The molecule has 2 aliphatic heterocycles. The van der Waals surface area contributed by atoms with E-state index in [2.05, 4.69) is 17.3 Å². The number of rotatable bonds is 8. The van der Waals surface area contributed by atoms with Crippen molar-refractivity contribution in [3.8, 4) is 0 Å². The highest BCUT2D eigenvalue weighted by Gasteiger charge is 2.39. The molecule has 1 N–H and O–H groups in total. The van der Waals surface area contributed by atoms with Crippen molar-refractivity contribution in [3.63, 3.8) is 0 Å². The number of fused-ring (bicyclic) bond motifs is 1. The number of imidazole rings is 1. The van der Waals surface area contributed by atoms with Gasteiger partial charge in [0.25, 0.3) is 0 Å². The van der Waals surface area contributed by atoms with E-state index < -0.39 is 21.6 Å². The molecule has 1 fully saturated rings. The van der Waals surface area contributed by atoms with E-state index in [-0.39, 0.29) is 30.5 Å². The van der Waals surface area contributed by atoms with Gasteiger partial charge in [0.2, 0.25) is 15.8 Å². The van der Waals surface area contributed by atoms with Gasteiger partial charge in [0.05, 0.1) is 17.2 Å². The van der Waals surface area contributed by atoms with Gasteiger partial charge in [-0.3, -0.25) is 4.40 Å². The average molecular weight is 578 g/mol. The van der Waals surface area contributed by atoms with E-state index in [1.165, 1.54) is 40.3 Å². The number of pyridine rings is 1. The maximum absolute atomic E-state index is 15.8. The fourth-order valence-corrected chi connectivity index (χ4v) is 7.83. The molecule has 2 aliphatic rings. The molecule has 8 nitrogen and oxygen atoms in total. The van der Waals surface area contributed by atoms with Crippen molar-refractivity contribution >= 4 is 38.4 Å². The van der Waals surface area contributed by atoms with Gasteiger partial charge in [-0.15, -0.1) is 0 Å². The summed E-state index contributed by atoms with van der Waals surface area (Å²) in [6.45, 7) is 2.78. The molecule has 1 aromatic carbocycles. The standard InChI is InChI=1S/C27H33F2N5O3S2/c1-3-23-25(32(2)26-31-27(29,18-38-26)21-6-8-22(28)9-7-21)34-17-20(5-10-24(34)30-23)19-11-13-33(14-12-19)39(36,37)16-4-15-35/h5-10,17,19,35H,3-4,11-16,18H2,1-2H3. The number of amidine groups is 1. The predicted molar refractivity (Wildman–Crippen MR) is 151 cm³/mol. The third kappa shape index (κ3) is 5.57. The van der Waals surface area contributed by atoms with Gasteiger partial charge in [-0.2, -0.15) is 0 Å². The molecule has 210 valence electrons. The monoisotopic (exact) mass is 577 g/mol. The zero-order chi connectivity index (χ0) is 27.8. The number of anilines is 1. The highest BCUT2D eigenvalue weighted by atomic mass is 32.2. The number of aliphatic hydroxyl groups is 1. The van der Waals surface area contributed by atoms with Crippen LogP contribution in [0.4, 0.5) is 14.6 Å². The Morgan fingerprint density at radius 1 is 1.18 bits per heavy atom.